The molecule has 0 radical (unpaired) electrons. The highest BCUT2D eigenvalue weighted by molar-refractivity contribution is 6.14. The molecule has 0 saturated carbocycles. The van der Waals surface area contributed by atoms with Crippen molar-refractivity contribution >= 4 is 34.8 Å². The second-order valence-electron chi connectivity index (χ2n) is 8.42. The Balaban J connectivity index is 1.61. The summed E-state index contributed by atoms with van der Waals surface area (Å²) in [6.07, 6.45) is -2.56. The number of carbonyl (C=O) groups excluding carboxylic acids is 3. The summed E-state index contributed by atoms with van der Waals surface area (Å²) >= 11 is 0. The van der Waals surface area contributed by atoms with Crippen LogP contribution in [-0.2, 0) is 16.1 Å². The predicted octanol–water partition coefficient (Wildman–Crippen LogP) is 4.21. The van der Waals surface area contributed by atoms with Crippen LogP contribution in [0.4, 0.5) is 26.2 Å². The first-order valence-corrected chi connectivity index (χ1v) is 11.9. The average molecular weight is 528 g/mol. The molecular formula is C29H26FN5O4. The predicted molar refractivity (Wildman–Crippen MR) is 146 cm³/mol. The van der Waals surface area contributed by atoms with Crippen LogP contribution in [0.5, 0.6) is 0 Å². The molecule has 10 heteroatoms. The molecule has 0 bridgehead atoms. The fourth-order valence-corrected chi connectivity index (χ4v) is 3.78. The number of rotatable bonds is 9. The molecule has 9 nitrogen and oxygen atoms in total. The quantitative estimate of drug-likeness (QED) is 0.0840. The summed E-state index contributed by atoms with van der Waals surface area (Å²) in [6, 6.07) is 27.4. The number of halogens is 1. The number of nitrogens with two attached hydrogens (primary N) is 2. The molecule has 4 aromatic rings. The van der Waals surface area contributed by atoms with Crippen LogP contribution in [0.15, 0.2) is 103 Å². The highest BCUT2D eigenvalue weighted by Gasteiger charge is 2.30. The average Bonchev–Trinajstić information content (AvgIpc) is 2.96. The molecule has 4 aromatic carbocycles. The molecule has 1 unspecified atom stereocenters. The van der Waals surface area contributed by atoms with Gasteiger partial charge in [0.1, 0.15) is 12.4 Å². The number of benzene rings is 4. The molecule has 1 atom stereocenters. The highest BCUT2D eigenvalue weighted by Crippen LogP contribution is 2.25. The Morgan fingerprint density at radius 3 is 2.18 bits per heavy atom. The van der Waals surface area contributed by atoms with Gasteiger partial charge in [0.25, 0.3) is 5.91 Å². The summed E-state index contributed by atoms with van der Waals surface area (Å²) in [5.74, 6) is 3.94. The molecule has 0 aliphatic rings. The van der Waals surface area contributed by atoms with Gasteiger partial charge in [-0.15, -0.1) is 0 Å². The Morgan fingerprint density at radius 1 is 0.846 bits per heavy atom. The summed E-state index contributed by atoms with van der Waals surface area (Å²) in [6.45, 7) is -0.0674. The van der Waals surface area contributed by atoms with Gasteiger partial charge in [-0.05, 0) is 29.8 Å². The number of ether oxygens (including phenoxy) is 1. The van der Waals surface area contributed by atoms with Gasteiger partial charge in [-0.3, -0.25) is 19.9 Å². The van der Waals surface area contributed by atoms with Crippen molar-refractivity contribution < 1.29 is 23.5 Å². The maximum atomic E-state index is 15.0. The lowest BCUT2D eigenvalue weighted by Gasteiger charge is -2.29. The molecule has 198 valence electrons. The van der Waals surface area contributed by atoms with Gasteiger partial charge < -0.3 is 15.8 Å². The number of anilines is 3. The van der Waals surface area contributed by atoms with Crippen LogP contribution in [0.1, 0.15) is 21.5 Å². The summed E-state index contributed by atoms with van der Waals surface area (Å²) in [4.78, 5) is 39.3. The maximum absolute atomic E-state index is 15.0. The van der Waals surface area contributed by atoms with Gasteiger partial charge in [0.05, 0.1) is 17.1 Å². The molecule has 0 saturated heterocycles. The third-order valence-electron chi connectivity index (χ3n) is 5.75. The van der Waals surface area contributed by atoms with Crippen molar-refractivity contribution in [1.82, 2.24) is 5.32 Å². The molecule has 6 N–H and O–H groups in total. The highest BCUT2D eigenvalue weighted by atomic mass is 19.1. The number of amides is 2. The van der Waals surface area contributed by atoms with E-state index in [4.69, 9.17) is 16.3 Å². The van der Waals surface area contributed by atoms with E-state index in [1.807, 2.05) is 6.07 Å². The maximum Gasteiger partial charge on any atom is 0.409 e. The van der Waals surface area contributed by atoms with E-state index in [9.17, 15) is 18.8 Å². The number of para-hydroxylation sites is 3. The van der Waals surface area contributed by atoms with Gasteiger partial charge in [0, 0.05) is 11.1 Å². The molecule has 0 heterocycles. The zero-order chi connectivity index (χ0) is 27.8. The van der Waals surface area contributed by atoms with Crippen molar-refractivity contribution in [2.75, 3.05) is 16.1 Å². The van der Waals surface area contributed by atoms with Crippen molar-refractivity contribution in [2.45, 2.75) is 12.8 Å². The first-order chi connectivity index (χ1) is 18.8. The number of hydrogen-bond donors (Lipinski definition) is 4. The number of nitrogen functional groups attached to an aromatic ring is 1. The van der Waals surface area contributed by atoms with Crippen molar-refractivity contribution in [3.05, 3.63) is 126 Å². The van der Waals surface area contributed by atoms with Crippen LogP contribution in [0.25, 0.3) is 0 Å². The van der Waals surface area contributed by atoms with Crippen LogP contribution in [0, 0.1) is 5.82 Å². The SMILES string of the molecule is Nc1ccccc1N(N)C(NC(=O)OCc1ccccc1)C(=O)Nc1c(F)cccc1C(=O)c1ccccc1. The number of nitrogens with one attached hydrogen (secondary N) is 2. The summed E-state index contributed by atoms with van der Waals surface area (Å²) in [5.41, 5.74) is 7.05. The summed E-state index contributed by atoms with van der Waals surface area (Å²) in [7, 11) is 0. The zero-order valence-corrected chi connectivity index (χ0v) is 20.7. The Kier molecular flexibility index (Phi) is 8.50. The number of carbonyl (C=O) groups is 3. The van der Waals surface area contributed by atoms with E-state index in [0.29, 0.717) is 5.56 Å². The molecular weight excluding hydrogens is 501 g/mol. The van der Waals surface area contributed by atoms with Crippen LogP contribution < -0.4 is 27.2 Å². The van der Waals surface area contributed by atoms with Crippen LogP contribution in [0.3, 0.4) is 0 Å². The van der Waals surface area contributed by atoms with E-state index in [1.54, 1.807) is 78.9 Å². The number of ketones is 1. The Labute approximate surface area is 224 Å². The molecule has 0 aliphatic heterocycles. The van der Waals surface area contributed by atoms with Crippen molar-refractivity contribution in [3.63, 3.8) is 0 Å². The van der Waals surface area contributed by atoms with Crippen molar-refractivity contribution in [1.29, 1.82) is 0 Å². The Hall–Kier alpha value is -5.22. The molecule has 0 spiro atoms. The van der Waals surface area contributed by atoms with Crippen LogP contribution in [0.2, 0.25) is 0 Å². The fraction of sp³-hybridized carbons (Fsp3) is 0.0690. The molecule has 0 aliphatic carbocycles. The normalized spacial score (nSPS) is 11.2. The topological polar surface area (TPSA) is 140 Å². The minimum atomic E-state index is -1.60. The van der Waals surface area contributed by atoms with E-state index in [-0.39, 0.29) is 29.2 Å². The zero-order valence-electron chi connectivity index (χ0n) is 20.7. The van der Waals surface area contributed by atoms with Gasteiger partial charge in [0.2, 0.25) is 0 Å². The molecule has 4 rings (SSSR count). The van der Waals surface area contributed by atoms with Crippen molar-refractivity contribution in [3.8, 4) is 0 Å². The van der Waals surface area contributed by atoms with Gasteiger partial charge in [-0.25, -0.2) is 15.0 Å². The Morgan fingerprint density at radius 2 is 1.49 bits per heavy atom. The van der Waals surface area contributed by atoms with Gasteiger partial charge in [0.15, 0.2) is 11.9 Å². The smallest absolute Gasteiger partial charge is 0.409 e. The standard InChI is InChI=1S/C29H26FN5O4/c30-22-15-9-14-21(26(36)20-12-5-2-6-13-20)25(22)33-28(37)27(35(32)24-17-8-7-16-23(24)31)34-29(38)39-18-19-10-3-1-4-11-19/h1-17,27H,18,31-32H2,(H,33,37)(H,34,38). The van der Waals surface area contributed by atoms with Crippen LogP contribution in [-0.4, -0.2) is 23.9 Å². The van der Waals surface area contributed by atoms with E-state index in [2.05, 4.69) is 10.6 Å². The van der Waals surface area contributed by atoms with Gasteiger partial charge in [-0.1, -0.05) is 78.9 Å². The fourth-order valence-electron chi connectivity index (χ4n) is 3.78. The first kappa shape index (κ1) is 26.8. The third-order valence-corrected chi connectivity index (χ3v) is 5.75. The number of hydrogen-bond acceptors (Lipinski definition) is 7. The molecule has 2 amide bonds. The number of hydrazine groups is 1. The second kappa shape index (κ2) is 12.3. The van der Waals surface area contributed by atoms with E-state index >= 15 is 0 Å². The lowest BCUT2D eigenvalue weighted by Crippen LogP contribution is -2.58. The molecule has 0 aromatic heterocycles. The van der Waals surface area contributed by atoms with E-state index < -0.39 is 29.8 Å². The minimum absolute atomic E-state index is 0.0674. The monoisotopic (exact) mass is 527 g/mol. The third kappa shape index (κ3) is 6.56. The van der Waals surface area contributed by atoms with E-state index in [1.165, 1.54) is 12.1 Å². The summed E-state index contributed by atoms with van der Waals surface area (Å²) in [5, 5.41) is 5.73. The minimum Gasteiger partial charge on any atom is -0.445 e. The molecule has 39 heavy (non-hydrogen) atoms. The largest absolute Gasteiger partial charge is 0.445 e. The lowest BCUT2D eigenvalue weighted by atomic mass is 10.0. The number of alkyl carbamates (subject to hydrolysis) is 1. The van der Waals surface area contributed by atoms with Gasteiger partial charge in [-0.2, -0.15) is 0 Å². The number of nitrogens with zero attached hydrogens (tertiary/aromatic N) is 1. The first-order valence-electron chi connectivity index (χ1n) is 11.9. The van der Waals surface area contributed by atoms with Crippen LogP contribution >= 0.6 is 0 Å². The Bertz CT molecular complexity index is 1470. The summed E-state index contributed by atoms with van der Waals surface area (Å²) < 4.78 is 20.2. The molecule has 0 fully saturated rings. The lowest BCUT2D eigenvalue weighted by molar-refractivity contribution is -0.118. The second-order valence-corrected chi connectivity index (χ2v) is 8.42. The van der Waals surface area contributed by atoms with Crippen molar-refractivity contribution in [2.24, 2.45) is 5.84 Å². The van der Waals surface area contributed by atoms with E-state index in [0.717, 1.165) is 16.6 Å². The van der Waals surface area contributed by atoms with Gasteiger partial charge >= 0.3 is 6.09 Å².